The monoisotopic (exact) mass is 285 g/mol. The summed E-state index contributed by atoms with van der Waals surface area (Å²) in [4.78, 5) is 18.5. The van der Waals surface area contributed by atoms with E-state index >= 15 is 0 Å². The van der Waals surface area contributed by atoms with Crippen LogP contribution in [0, 0.1) is 20.2 Å². The number of hydrogen-bond donors (Lipinski definition) is 1. The minimum atomic E-state index is -5.07. The third-order valence-electron chi connectivity index (χ3n) is 1.94. The number of nitro benzene ring substituents is 2. The lowest BCUT2D eigenvalue weighted by Crippen LogP contribution is -2.10. The molecular formula is C7H3ClF3N3O4. The molecule has 2 N–H and O–H groups in total. The largest absolute Gasteiger partial charge is 0.418 e. The molecule has 0 spiro atoms. The fourth-order valence-corrected chi connectivity index (χ4v) is 1.51. The average Bonchev–Trinajstić information content (AvgIpc) is 2.13. The summed E-state index contributed by atoms with van der Waals surface area (Å²) in [6.07, 6.45) is -5.07. The lowest BCUT2D eigenvalue weighted by atomic mass is 10.1. The van der Waals surface area contributed by atoms with Gasteiger partial charge in [0.05, 0.1) is 15.4 Å². The molecule has 1 aromatic carbocycles. The van der Waals surface area contributed by atoms with Crippen molar-refractivity contribution in [1.82, 2.24) is 0 Å². The molecular weight excluding hydrogens is 283 g/mol. The van der Waals surface area contributed by atoms with Gasteiger partial charge >= 0.3 is 11.9 Å². The molecule has 0 saturated heterocycles. The van der Waals surface area contributed by atoms with Crippen LogP contribution in [0.1, 0.15) is 5.56 Å². The maximum absolute atomic E-state index is 12.5. The van der Waals surface area contributed by atoms with Crippen LogP contribution in [-0.4, -0.2) is 9.85 Å². The molecule has 0 fully saturated rings. The Balaban J connectivity index is 3.78. The maximum Gasteiger partial charge on any atom is 0.418 e. The van der Waals surface area contributed by atoms with Crippen molar-refractivity contribution in [3.8, 4) is 0 Å². The lowest BCUT2D eigenvalue weighted by Gasteiger charge is -2.10. The first-order valence-corrected chi connectivity index (χ1v) is 4.43. The second kappa shape index (κ2) is 4.29. The van der Waals surface area contributed by atoms with Gasteiger partial charge in [-0.05, 0) is 0 Å². The molecule has 0 amide bonds. The van der Waals surface area contributed by atoms with Gasteiger partial charge in [0, 0.05) is 6.07 Å². The average molecular weight is 286 g/mol. The van der Waals surface area contributed by atoms with Crippen LogP contribution in [0.2, 0.25) is 5.02 Å². The van der Waals surface area contributed by atoms with E-state index in [1.807, 2.05) is 0 Å². The third-order valence-corrected chi connectivity index (χ3v) is 2.32. The lowest BCUT2D eigenvalue weighted by molar-refractivity contribution is -0.392. The van der Waals surface area contributed by atoms with E-state index in [1.54, 1.807) is 0 Å². The molecule has 0 aromatic heterocycles. The number of rotatable bonds is 2. The topological polar surface area (TPSA) is 112 Å². The maximum atomic E-state index is 12.5. The first-order chi connectivity index (χ1) is 8.07. The Hall–Kier alpha value is -2.10. The Morgan fingerprint density at radius 2 is 1.72 bits per heavy atom. The van der Waals surface area contributed by atoms with Crippen molar-refractivity contribution < 1.29 is 23.0 Å². The number of nitrogens with two attached hydrogens (primary N) is 1. The first-order valence-electron chi connectivity index (χ1n) is 4.05. The van der Waals surface area contributed by atoms with Gasteiger partial charge < -0.3 is 5.73 Å². The van der Waals surface area contributed by atoms with Crippen molar-refractivity contribution in [2.45, 2.75) is 6.18 Å². The predicted molar refractivity (Wildman–Crippen MR) is 54.2 cm³/mol. The normalized spacial score (nSPS) is 11.3. The molecule has 0 unspecified atom stereocenters. The minimum Gasteiger partial charge on any atom is -0.387 e. The molecule has 1 aromatic rings. The van der Waals surface area contributed by atoms with E-state index in [9.17, 15) is 33.4 Å². The van der Waals surface area contributed by atoms with Crippen LogP contribution in [0.25, 0.3) is 0 Å². The number of nitrogen functional groups attached to an aromatic ring is 1. The highest BCUT2D eigenvalue weighted by molar-refractivity contribution is 6.34. The fourth-order valence-electron chi connectivity index (χ4n) is 1.18. The van der Waals surface area contributed by atoms with Crippen LogP contribution >= 0.6 is 11.6 Å². The van der Waals surface area contributed by atoms with Crippen molar-refractivity contribution in [3.05, 3.63) is 36.9 Å². The summed E-state index contributed by atoms with van der Waals surface area (Å²) in [6, 6.07) is 0.0602. The second-order valence-electron chi connectivity index (χ2n) is 3.03. The van der Waals surface area contributed by atoms with Crippen LogP contribution < -0.4 is 5.73 Å². The summed E-state index contributed by atoms with van der Waals surface area (Å²) in [5.74, 6) is 0. The van der Waals surface area contributed by atoms with E-state index < -0.39 is 43.7 Å². The SMILES string of the molecule is Nc1c([N+](=O)[O-])cc(C(F)(F)F)c(Cl)c1[N+](=O)[O-]. The third kappa shape index (κ3) is 2.27. The van der Waals surface area contributed by atoms with Crippen LogP contribution in [0.5, 0.6) is 0 Å². The summed E-state index contributed by atoms with van der Waals surface area (Å²) < 4.78 is 37.5. The number of benzene rings is 1. The molecule has 1 rings (SSSR count). The first kappa shape index (κ1) is 14.0. The molecule has 7 nitrogen and oxygen atoms in total. The van der Waals surface area contributed by atoms with Crippen LogP contribution in [-0.2, 0) is 6.18 Å². The summed E-state index contributed by atoms with van der Waals surface area (Å²) in [6.45, 7) is 0. The van der Waals surface area contributed by atoms with Crippen molar-refractivity contribution in [2.24, 2.45) is 0 Å². The van der Waals surface area contributed by atoms with Gasteiger partial charge in [-0.2, -0.15) is 13.2 Å². The van der Waals surface area contributed by atoms with E-state index in [-0.39, 0.29) is 6.07 Å². The van der Waals surface area contributed by atoms with Crippen LogP contribution in [0.3, 0.4) is 0 Å². The quantitative estimate of drug-likeness (QED) is 0.510. The number of halogens is 4. The van der Waals surface area contributed by atoms with Crippen LogP contribution in [0.15, 0.2) is 6.07 Å². The molecule has 0 atom stereocenters. The molecule has 11 heteroatoms. The Kier molecular flexibility index (Phi) is 3.33. The highest BCUT2D eigenvalue weighted by Gasteiger charge is 2.41. The van der Waals surface area contributed by atoms with Gasteiger partial charge in [0.2, 0.25) is 0 Å². The number of anilines is 1. The van der Waals surface area contributed by atoms with E-state index in [0.717, 1.165) is 0 Å². The Bertz CT molecular complexity index is 546. The van der Waals surface area contributed by atoms with E-state index in [1.165, 1.54) is 0 Å². The molecule has 0 bridgehead atoms. The molecule has 0 saturated carbocycles. The van der Waals surface area contributed by atoms with E-state index in [0.29, 0.717) is 0 Å². The molecule has 0 heterocycles. The number of nitrogens with zero attached hydrogens (tertiary/aromatic N) is 2. The molecule has 0 aliphatic heterocycles. The van der Waals surface area contributed by atoms with Crippen molar-refractivity contribution in [3.63, 3.8) is 0 Å². The molecule has 98 valence electrons. The van der Waals surface area contributed by atoms with Crippen LogP contribution in [0.4, 0.5) is 30.2 Å². The van der Waals surface area contributed by atoms with Gasteiger partial charge in [-0.1, -0.05) is 11.6 Å². The molecule has 0 aliphatic carbocycles. The highest BCUT2D eigenvalue weighted by Crippen LogP contribution is 2.45. The minimum absolute atomic E-state index is 0.0602. The van der Waals surface area contributed by atoms with Gasteiger partial charge in [0.1, 0.15) is 5.02 Å². The zero-order valence-electron chi connectivity index (χ0n) is 8.19. The van der Waals surface area contributed by atoms with Gasteiger partial charge in [0.15, 0.2) is 5.69 Å². The Morgan fingerprint density at radius 3 is 2.06 bits per heavy atom. The summed E-state index contributed by atoms with van der Waals surface area (Å²) in [5.41, 5.74) is -0.204. The summed E-state index contributed by atoms with van der Waals surface area (Å²) in [5, 5.41) is 19.7. The number of nitro groups is 2. The van der Waals surface area contributed by atoms with Gasteiger partial charge in [-0.15, -0.1) is 0 Å². The Morgan fingerprint density at radius 1 is 1.22 bits per heavy atom. The molecule has 0 radical (unpaired) electrons. The van der Waals surface area contributed by atoms with Crippen molar-refractivity contribution in [1.29, 1.82) is 0 Å². The zero-order chi connectivity index (χ0) is 14.2. The zero-order valence-corrected chi connectivity index (χ0v) is 8.95. The van der Waals surface area contributed by atoms with E-state index in [2.05, 4.69) is 0 Å². The molecule has 18 heavy (non-hydrogen) atoms. The van der Waals surface area contributed by atoms with Crippen molar-refractivity contribution >= 4 is 28.7 Å². The van der Waals surface area contributed by atoms with Crippen molar-refractivity contribution in [2.75, 3.05) is 5.73 Å². The molecule has 0 aliphatic rings. The summed E-state index contributed by atoms with van der Waals surface area (Å²) >= 11 is 5.21. The number of hydrogen-bond acceptors (Lipinski definition) is 5. The standard InChI is InChI=1S/C7H3ClF3N3O4/c8-4-2(7(9,10)11)1-3(13(15)16)5(12)6(4)14(17)18/h1H,12H2. The smallest absolute Gasteiger partial charge is 0.387 e. The number of alkyl halides is 3. The highest BCUT2D eigenvalue weighted by atomic mass is 35.5. The van der Waals surface area contributed by atoms with E-state index in [4.69, 9.17) is 17.3 Å². The van der Waals surface area contributed by atoms with Gasteiger partial charge in [-0.3, -0.25) is 20.2 Å². The fraction of sp³-hybridized carbons (Fsp3) is 0.143. The summed E-state index contributed by atoms with van der Waals surface area (Å²) in [7, 11) is 0. The Labute approximate surface area is 101 Å². The second-order valence-corrected chi connectivity index (χ2v) is 3.41. The van der Waals surface area contributed by atoms with Gasteiger partial charge in [-0.25, -0.2) is 0 Å². The van der Waals surface area contributed by atoms with Gasteiger partial charge in [0.25, 0.3) is 5.69 Å². The predicted octanol–water partition coefficient (Wildman–Crippen LogP) is 2.76.